The average molecular weight is 474 g/mol. The Hall–Kier alpha value is -3.59. The summed E-state index contributed by atoms with van der Waals surface area (Å²) in [5, 5.41) is 19.4. The molecule has 0 unspecified atom stereocenters. The maximum Gasteiger partial charge on any atom is 0.227 e. The van der Waals surface area contributed by atoms with Crippen LogP contribution in [0.15, 0.2) is 47.8 Å². The van der Waals surface area contributed by atoms with E-state index in [9.17, 15) is 4.79 Å². The zero-order valence-electron chi connectivity index (χ0n) is 19.5. The standard InChI is InChI=1S/C25H27N7OS/c1-16-14-17(2)32(30-16)24-9-8-23(28-29-24)31-12-10-19(11-13-31)25(33)27-21-7-5-4-6-20(21)22-15-34-18(3)26-22/h4-9,14-15,19H,10-13H2,1-3H3,(H,27,33). The molecule has 8 nitrogen and oxygen atoms in total. The van der Waals surface area contributed by atoms with Gasteiger partial charge in [-0.25, -0.2) is 9.67 Å². The lowest BCUT2D eigenvalue weighted by Crippen LogP contribution is -2.38. The molecule has 34 heavy (non-hydrogen) atoms. The summed E-state index contributed by atoms with van der Waals surface area (Å²) in [7, 11) is 0. The first-order valence-corrected chi connectivity index (χ1v) is 12.3. The topological polar surface area (TPSA) is 88.8 Å². The van der Waals surface area contributed by atoms with Gasteiger partial charge in [-0.1, -0.05) is 18.2 Å². The second-order valence-corrected chi connectivity index (χ2v) is 9.70. The molecule has 0 atom stereocenters. The van der Waals surface area contributed by atoms with E-state index < -0.39 is 0 Å². The highest BCUT2D eigenvalue weighted by atomic mass is 32.1. The van der Waals surface area contributed by atoms with Crippen LogP contribution in [0.1, 0.15) is 29.2 Å². The van der Waals surface area contributed by atoms with E-state index in [2.05, 4.69) is 30.5 Å². The second kappa shape index (κ2) is 9.34. The summed E-state index contributed by atoms with van der Waals surface area (Å²) in [5.74, 6) is 1.55. The fraction of sp³-hybridized carbons (Fsp3) is 0.320. The number of amides is 1. The molecule has 4 heterocycles. The van der Waals surface area contributed by atoms with Crippen LogP contribution in [-0.2, 0) is 4.79 Å². The molecule has 0 bridgehead atoms. The van der Waals surface area contributed by atoms with E-state index in [1.807, 2.05) is 68.6 Å². The first kappa shape index (κ1) is 22.2. The fourth-order valence-electron chi connectivity index (χ4n) is 4.37. The predicted octanol–water partition coefficient (Wildman–Crippen LogP) is 4.57. The molecule has 0 radical (unpaired) electrons. The number of thiazole rings is 1. The van der Waals surface area contributed by atoms with Crippen LogP contribution in [0, 0.1) is 26.7 Å². The first-order chi connectivity index (χ1) is 16.5. The van der Waals surface area contributed by atoms with Gasteiger partial charge in [0.05, 0.1) is 22.1 Å². The maximum atomic E-state index is 13.0. The van der Waals surface area contributed by atoms with Gasteiger partial charge in [-0.15, -0.1) is 21.5 Å². The molecular weight excluding hydrogens is 446 g/mol. The van der Waals surface area contributed by atoms with Crippen LogP contribution in [0.3, 0.4) is 0 Å². The Balaban J connectivity index is 1.21. The predicted molar refractivity (Wildman–Crippen MR) is 134 cm³/mol. The molecule has 1 N–H and O–H groups in total. The molecule has 0 saturated carbocycles. The molecule has 1 aliphatic rings. The zero-order chi connectivity index (χ0) is 23.7. The Morgan fingerprint density at radius 2 is 1.76 bits per heavy atom. The quantitative estimate of drug-likeness (QED) is 0.457. The van der Waals surface area contributed by atoms with Crippen molar-refractivity contribution < 1.29 is 4.79 Å². The summed E-state index contributed by atoms with van der Waals surface area (Å²) in [6, 6.07) is 13.8. The lowest BCUT2D eigenvalue weighted by molar-refractivity contribution is -0.120. The molecule has 4 aromatic rings. The number of hydrogen-bond donors (Lipinski definition) is 1. The molecule has 1 amide bonds. The molecule has 1 saturated heterocycles. The van der Waals surface area contributed by atoms with Crippen LogP contribution in [-0.4, -0.2) is 44.0 Å². The molecule has 0 spiro atoms. The van der Waals surface area contributed by atoms with E-state index in [4.69, 9.17) is 0 Å². The SMILES string of the molecule is Cc1cc(C)n(-c2ccc(N3CCC(C(=O)Nc4ccccc4-c4csc(C)n4)CC3)nn2)n1. The minimum atomic E-state index is -0.0385. The van der Waals surface area contributed by atoms with E-state index in [1.165, 1.54) is 0 Å². The Bertz CT molecular complexity index is 1300. The molecule has 0 aliphatic carbocycles. The normalized spacial score (nSPS) is 14.4. The largest absolute Gasteiger partial charge is 0.355 e. The van der Waals surface area contributed by atoms with Gasteiger partial charge in [0, 0.05) is 35.6 Å². The van der Waals surface area contributed by atoms with Gasteiger partial charge in [0.1, 0.15) is 0 Å². The van der Waals surface area contributed by atoms with Crippen LogP contribution in [0.5, 0.6) is 0 Å². The van der Waals surface area contributed by atoms with Gasteiger partial charge >= 0.3 is 0 Å². The number of anilines is 2. The van der Waals surface area contributed by atoms with E-state index in [0.29, 0.717) is 5.82 Å². The average Bonchev–Trinajstić information content (AvgIpc) is 3.43. The van der Waals surface area contributed by atoms with Gasteiger partial charge < -0.3 is 10.2 Å². The molecular formula is C25H27N7OS. The van der Waals surface area contributed by atoms with Gasteiger partial charge in [-0.05, 0) is 57.9 Å². The Morgan fingerprint density at radius 1 is 1.03 bits per heavy atom. The van der Waals surface area contributed by atoms with Gasteiger partial charge in [0.15, 0.2) is 11.6 Å². The van der Waals surface area contributed by atoms with Crippen LogP contribution in [0.2, 0.25) is 0 Å². The minimum Gasteiger partial charge on any atom is -0.355 e. The number of nitrogens with zero attached hydrogens (tertiary/aromatic N) is 6. The van der Waals surface area contributed by atoms with Crippen molar-refractivity contribution in [3.63, 3.8) is 0 Å². The Morgan fingerprint density at radius 3 is 2.41 bits per heavy atom. The lowest BCUT2D eigenvalue weighted by Gasteiger charge is -2.32. The fourth-order valence-corrected chi connectivity index (χ4v) is 4.98. The molecule has 9 heteroatoms. The van der Waals surface area contributed by atoms with E-state index in [0.717, 1.165) is 65.1 Å². The van der Waals surface area contributed by atoms with E-state index in [-0.39, 0.29) is 11.8 Å². The molecule has 1 fully saturated rings. The number of rotatable bonds is 5. The van der Waals surface area contributed by atoms with Crippen molar-refractivity contribution in [1.82, 2.24) is 25.0 Å². The van der Waals surface area contributed by atoms with Crippen LogP contribution in [0.4, 0.5) is 11.5 Å². The molecule has 5 rings (SSSR count). The summed E-state index contributed by atoms with van der Waals surface area (Å²) in [6.45, 7) is 7.48. The van der Waals surface area contributed by atoms with Crippen molar-refractivity contribution in [3.8, 4) is 17.1 Å². The molecule has 3 aromatic heterocycles. The van der Waals surface area contributed by atoms with Gasteiger partial charge in [-0.2, -0.15) is 5.10 Å². The number of benzene rings is 1. The number of hydrogen-bond acceptors (Lipinski definition) is 7. The lowest BCUT2D eigenvalue weighted by atomic mass is 9.95. The van der Waals surface area contributed by atoms with E-state index >= 15 is 0 Å². The van der Waals surface area contributed by atoms with Crippen molar-refractivity contribution in [2.75, 3.05) is 23.3 Å². The summed E-state index contributed by atoms with van der Waals surface area (Å²) < 4.78 is 1.80. The molecule has 1 aromatic carbocycles. The van der Waals surface area contributed by atoms with Crippen molar-refractivity contribution in [2.45, 2.75) is 33.6 Å². The number of para-hydroxylation sites is 1. The third-order valence-corrected chi connectivity index (χ3v) is 6.91. The van der Waals surface area contributed by atoms with E-state index in [1.54, 1.807) is 16.0 Å². The number of carbonyl (C=O) groups is 1. The zero-order valence-corrected chi connectivity index (χ0v) is 20.3. The smallest absolute Gasteiger partial charge is 0.227 e. The number of aryl methyl sites for hydroxylation is 3. The first-order valence-electron chi connectivity index (χ1n) is 11.4. The second-order valence-electron chi connectivity index (χ2n) is 8.64. The van der Waals surface area contributed by atoms with Crippen LogP contribution >= 0.6 is 11.3 Å². The van der Waals surface area contributed by atoms with Gasteiger partial charge in [0.2, 0.25) is 5.91 Å². The van der Waals surface area contributed by atoms with Crippen LogP contribution in [0.25, 0.3) is 17.1 Å². The summed E-state index contributed by atoms with van der Waals surface area (Å²) in [6.07, 6.45) is 1.54. The maximum absolute atomic E-state index is 13.0. The van der Waals surface area contributed by atoms with Gasteiger partial charge in [0.25, 0.3) is 0 Å². The van der Waals surface area contributed by atoms with Crippen molar-refractivity contribution in [3.05, 3.63) is 64.2 Å². The van der Waals surface area contributed by atoms with Crippen molar-refractivity contribution in [1.29, 1.82) is 0 Å². The third kappa shape index (κ3) is 4.56. The number of aromatic nitrogens is 5. The monoisotopic (exact) mass is 473 g/mol. The Kier molecular flexibility index (Phi) is 6.10. The summed E-state index contributed by atoms with van der Waals surface area (Å²) in [4.78, 5) is 19.8. The Labute approximate surface area is 202 Å². The molecule has 174 valence electrons. The highest BCUT2D eigenvalue weighted by Crippen LogP contribution is 2.30. The summed E-state index contributed by atoms with van der Waals surface area (Å²) >= 11 is 1.61. The van der Waals surface area contributed by atoms with Crippen molar-refractivity contribution in [2.24, 2.45) is 5.92 Å². The number of nitrogens with one attached hydrogen (secondary N) is 1. The highest BCUT2D eigenvalue weighted by Gasteiger charge is 2.26. The minimum absolute atomic E-state index is 0.0385. The van der Waals surface area contributed by atoms with Gasteiger partial charge in [-0.3, -0.25) is 4.79 Å². The van der Waals surface area contributed by atoms with Crippen molar-refractivity contribution >= 4 is 28.7 Å². The molecule has 1 aliphatic heterocycles. The number of piperidine rings is 1. The third-order valence-electron chi connectivity index (χ3n) is 6.13. The summed E-state index contributed by atoms with van der Waals surface area (Å²) in [5.41, 5.74) is 4.64. The highest BCUT2D eigenvalue weighted by molar-refractivity contribution is 7.09. The number of carbonyl (C=O) groups excluding carboxylic acids is 1. The van der Waals surface area contributed by atoms with Crippen LogP contribution < -0.4 is 10.2 Å².